The van der Waals surface area contributed by atoms with Crippen LogP contribution < -0.4 is 5.73 Å². The van der Waals surface area contributed by atoms with Crippen LogP contribution in [0, 0.1) is 17.3 Å². The molecule has 2 rings (SSSR count). The lowest BCUT2D eigenvalue weighted by atomic mass is 9.68. The second-order valence-corrected chi connectivity index (χ2v) is 7.73. The fourth-order valence-electron chi connectivity index (χ4n) is 4.11. The molecule has 0 bridgehead atoms. The van der Waals surface area contributed by atoms with Crippen molar-refractivity contribution in [3.05, 3.63) is 11.6 Å². The van der Waals surface area contributed by atoms with E-state index in [4.69, 9.17) is 19.9 Å². The van der Waals surface area contributed by atoms with Crippen molar-refractivity contribution < 1.29 is 23.8 Å². The van der Waals surface area contributed by atoms with Crippen molar-refractivity contribution in [3.63, 3.8) is 0 Å². The van der Waals surface area contributed by atoms with Crippen LogP contribution in [0.25, 0.3) is 0 Å². The number of hydrogen-bond donors (Lipinski definition) is 1. The molecular formula is C18H30N2O5. The SMILES string of the molecule is COC(=O)N1C[C@@H](CCN)[C@H]2C(=O)C(C(C)(C)C)=CC(OC)(OC)[C@H]21. The second-order valence-electron chi connectivity index (χ2n) is 7.73. The Morgan fingerprint density at radius 3 is 2.36 bits per heavy atom. The van der Waals surface area contributed by atoms with Crippen molar-refractivity contribution in [3.8, 4) is 0 Å². The number of nitrogens with zero attached hydrogens (tertiary/aromatic N) is 1. The Morgan fingerprint density at radius 2 is 1.92 bits per heavy atom. The van der Waals surface area contributed by atoms with Gasteiger partial charge >= 0.3 is 6.09 Å². The number of carbonyl (C=O) groups is 2. The van der Waals surface area contributed by atoms with Gasteiger partial charge in [-0.25, -0.2) is 4.79 Å². The van der Waals surface area contributed by atoms with Gasteiger partial charge in [0, 0.05) is 26.3 Å². The summed E-state index contributed by atoms with van der Waals surface area (Å²) in [6.07, 6.45) is 1.88. The molecule has 0 aromatic carbocycles. The summed E-state index contributed by atoms with van der Waals surface area (Å²) in [5.41, 5.74) is 6.05. The highest BCUT2D eigenvalue weighted by Crippen LogP contribution is 2.48. The Hall–Kier alpha value is -1.44. The van der Waals surface area contributed by atoms with E-state index in [2.05, 4.69) is 0 Å². The Labute approximate surface area is 149 Å². The molecule has 1 aliphatic heterocycles. The van der Waals surface area contributed by atoms with Gasteiger partial charge in [0.15, 0.2) is 5.78 Å². The van der Waals surface area contributed by atoms with Gasteiger partial charge in [0.25, 0.3) is 0 Å². The molecule has 1 amide bonds. The van der Waals surface area contributed by atoms with Crippen LogP contribution in [0.2, 0.25) is 0 Å². The van der Waals surface area contributed by atoms with E-state index in [1.165, 1.54) is 21.3 Å². The summed E-state index contributed by atoms with van der Waals surface area (Å²) in [5, 5.41) is 0. The average Bonchev–Trinajstić information content (AvgIpc) is 2.95. The van der Waals surface area contributed by atoms with Crippen molar-refractivity contribution >= 4 is 11.9 Å². The topological polar surface area (TPSA) is 91.1 Å². The smallest absolute Gasteiger partial charge is 0.409 e. The zero-order valence-electron chi connectivity index (χ0n) is 16.0. The van der Waals surface area contributed by atoms with Gasteiger partial charge in [-0.05, 0) is 30.4 Å². The molecular weight excluding hydrogens is 324 g/mol. The summed E-state index contributed by atoms with van der Waals surface area (Å²) in [4.78, 5) is 27.2. The van der Waals surface area contributed by atoms with Crippen LogP contribution in [0.3, 0.4) is 0 Å². The number of ether oxygens (including phenoxy) is 3. The zero-order valence-corrected chi connectivity index (χ0v) is 16.0. The third-order valence-electron chi connectivity index (χ3n) is 5.33. The number of nitrogens with two attached hydrogens (primary N) is 1. The maximum absolute atomic E-state index is 13.3. The minimum atomic E-state index is -1.20. The van der Waals surface area contributed by atoms with Gasteiger partial charge in [-0.2, -0.15) is 0 Å². The molecule has 2 N–H and O–H groups in total. The average molecular weight is 354 g/mol. The van der Waals surface area contributed by atoms with Gasteiger partial charge in [-0.3, -0.25) is 9.69 Å². The van der Waals surface area contributed by atoms with E-state index in [1.807, 2.05) is 20.8 Å². The van der Waals surface area contributed by atoms with E-state index in [0.29, 0.717) is 25.1 Å². The zero-order chi connectivity index (χ0) is 19.0. The Bertz CT molecular complexity index is 562. The van der Waals surface area contributed by atoms with Gasteiger partial charge in [-0.15, -0.1) is 0 Å². The Morgan fingerprint density at radius 1 is 1.32 bits per heavy atom. The number of hydrogen-bond acceptors (Lipinski definition) is 6. The summed E-state index contributed by atoms with van der Waals surface area (Å²) in [5.74, 6) is -1.65. The normalized spacial score (nSPS) is 28.6. The van der Waals surface area contributed by atoms with Gasteiger partial charge < -0.3 is 19.9 Å². The molecule has 3 atom stereocenters. The molecule has 7 nitrogen and oxygen atoms in total. The molecule has 1 heterocycles. The first kappa shape index (κ1) is 19.9. The van der Waals surface area contributed by atoms with E-state index < -0.39 is 23.8 Å². The van der Waals surface area contributed by atoms with Crippen molar-refractivity contribution in [2.75, 3.05) is 34.4 Å². The monoisotopic (exact) mass is 354 g/mol. The molecule has 0 aromatic rings. The number of likely N-dealkylation sites (tertiary alicyclic amines) is 1. The van der Waals surface area contributed by atoms with Crippen LogP contribution in [-0.2, 0) is 19.0 Å². The first-order valence-electron chi connectivity index (χ1n) is 8.59. The minimum absolute atomic E-state index is 0.0343. The van der Waals surface area contributed by atoms with Crippen LogP contribution in [0.5, 0.6) is 0 Å². The predicted molar refractivity (Wildman–Crippen MR) is 92.8 cm³/mol. The van der Waals surface area contributed by atoms with Gasteiger partial charge in [0.05, 0.1) is 13.0 Å². The van der Waals surface area contributed by atoms with E-state index >= 15 is 0 Å². The van der Waals surface area contributed by atoms with Crippen molar-refractivity contribution in [2.24, 2.45) is 23.0 Å². The molecule has 0 spiro atoms. The molecule has 7 heteroatoms. The van der Waals surface area contributed by atoms with E-state index in [1.54, 1.807) is 11.0 Å². The summed E-state index contributed by atoms with van der Waals surface area (Å²) >= 11 is 0. The van der Waals surface area contributed by atoms with Crippen LogP contribution in [-0.4, -0.2) is 63.0 Å². The molecule has 1 aliphatic carbocycles. The molecule has 1 saturated heterocycles. The van der Waals surface area contributed by atoms with Crippen molar-refractivity contribution in [1.29, 1.82) is 0 Å². The number of ketones is 1. The number of Topliss-reactive ketones (excluding diaryl/α,β-unsaturated/α-hetero) is 1. The quantitative estimate of drug-likeness (QED) is 0.771. The number of carbonyl (C=O) groups excluding carboxylic acids is 2. The maximum atomic E-state index is 13.3. The van der Waals surface area contributed by atoms with Crippen LogP contribution in [0.15, 0.2) is 11.6 Å². The molecule has 25 heavy (non-hydrogen) atoms. The highest BCUT2D eigenvalue weighted by molar-refractivity contribution is 6.01. The Balaban J connectivity index is 2.64. The van der Waals surface area contributed by atoms with Gasteiger partial charge in [0.2, 0.25) is 5.79 Å². The highest BCUT2D eigenvalue weighted by atomic mass is 16.7. The summed E-state index contributed by atoms with van der Waals surface area (Å²) in [6, 6.07) is -0.579. The standard InChI is InChI=1S/C18H30N2O5/c1-17(2,3)12-9-18(24-5,25-6)15-13(14(12)21)11(7-8-19)10-20(15)16(22)23-4/h9,11,13,15H,7-8,10,19H2,1-6H3/t11-,13+,15+/m1/s1. The third kappa shape index (κ3) is 3.20. The molecule has 142 valence electrons. The van der Waals surface area contributed by atoms with Gasteiger partial charge in [-0.1, -0.05) is 20.8 Å². The van der Waals surface area contributed by atoms with E-state index in [0.717, 1.165) is 0 Å². The molecule has 0 radical (unpaired) electrons. The largest absolute Gasteiger partial charge is 0.453 e. The molecule has 0 unspecified atom stereocenters. The number of rotatable bonds is 4. The minimum Gasteiger partial charge on any atom is -0.453 e. The first-order valence-corrected chi connectivity index (χ1v) is 8.59. The summed E-state index contributed by atoms with van der Waals surface area (Å²) in [6.45, 7) is 6.79. The molecule has 0 saturated carbocycles. The van der Waals surface area contributed by atoms with Crippen LogP contribution in [0.1, 0.15) is 27.2 Å². The van der Waals surface area contributed by atoms with E-state index in [9.17, 15) is 9.59 Å². The fourth-order valence-corrected chi connectivity index (χ4v) is 4.11. The second kappa shape index (κ2) is 7.05. The lowest BCUT2D eigenvalue weighted by molar-refractivity contribution is -0.213. The van der Waals surface area contributed by atoms with Gasteiger partial charge in [0.1, 0.15) is 6.04 Å². The molecule has 0 aromatic heterocycles. The number of fused-ring (bicyclic) bond motifs is 1. The molecule has 2 aliphatic rings. The fraction of sp³-hybridized carbons (Fsp3) is 0.778. The number of methoxy groups -OCH3 is 3. The highest BCUT2D eigenvalue weighted by Gasteiger charge is 2.61. The lowest BCUT2D eigenvalue weighted by Crippen LogP contribution is -2.60. The van der Waals surface area contributed by atoms with Crippen LogP contribution in [0.4, 0.5) is 4.79 Å². The first-order chi connectivity index (χ1) is 11.7. The van der Waals surface area contributed by atoms with Crippen molar-refractivity contribution in [2.45, 2.75) is 39.0 Å². The van der Waals surface area contributed by atoms with Crippen molar-refractivity contribution in [1.82, 2.24) is 4.90 Å². The number of allylic oxidation sites excluding steroid dienone is 1. The van der Waals surface area contributed by atoms with Crippen LogP contribution >= 0.6 is 0 Å². The predicted octanol–water partition coefficient (Wildman–Crippen LogP) is 1.56. The molecule has 1 fully saturated rings. The van der Waals surface area contributed by atoms with E-state index in [-0.39, 0.29) is 17.1 Å². The summed E-state index contributed by atoms with van der Waals surface area (Å²) in [7, 11) is 4.38. The number of amides is 1. The maximum Gasteiger partial charge on any atom is 0.409 e. The third-order valence-corrected chi connectivity index (χ3v) is 5.33. The Kier molecular flexibility index (Phi) is 5.61. The lowest BCUT2D eigenvalue weighted by Gasteiger charge is -2.45. The summed E-state index contributed by atoms with van der Waals surface area (Å²) < 4.78 is 16.4.